The number of likely N-dealkylation sites (N-methyl/N-ethyl adjacent to an activating group) is 1. The first-order valence-electron chi connectivity index (χ1n) is 5.17. The number of nitrogens with zero attached hydrogens (tertiary/aromatic N) is 1. The van der Waals surface area contributed by atoms with Crippen LogP contribution >= 0.6 is 0 Å². The van der Waals surface area contributed by atoms with Gasteiger partial charge in [-0.25, -0.2) is 0 Å². The maximum Gasteiger partial charge on any atom is 0.236 e. The Labute approximate surface area is 85.6 Å². The van der Waals surface area contributed by atoms with Crippen LogP contribution in [0.25, 0.3) is 0 Å². The summed E-state index contributed by atoms with van der Waals surface area (Å²) in [5.41, 5.74) is -0.194. The molecule has 0 radical (unpaired) electrons. The summed E-state index contributed by atoms with van der Waals surface area (Å²) >= 11 is 0. The van der Waals surface area contributed by atoms with Gasteiger partial charge in [-0.2, -0.15) is 0 Å². The number of hydrogen-bond donors (Lipinski definition) is 1. The van der Waals surface area contributed by atoms with Crippen molar-refractivity contribution in [1.29, 1.82) is 0 Å². The number of carbonyl (C=O) groups excluding carboxylic acids is 1. The van der Waals surface area contributed by atoms with E-state index in [0.717, 1.165) is 6.54 Å². The average Bonchev–Trinajstić information content (AvgIpc) is 2.12. The fourth-order valence-electron chi connectivity index (χ4n) is 1.57. The lowest BCUT2D eigenvalue weighted by atomic mass is 10.1. The second-order valence-electron chi connectivity index (χ2n) is 4.20. The fraction of sp³-hybridized carbons (Fsp3) is 0.900. The van der Waals surface area contributed by atoms with Gasteiger partial charge in [0.05, 0.1) is 18.8 Å². The Bertz CT molecular complexity index is 204. The Hall–Kier alpha value is -0.610. The van der Waals surface area contributed by atoms with Crippen LogP contribution in [-0.2, 0) is 9.53 Å². The highest BCUT2D eigenvalue weighted by Gasteiger charge is 2.29. The zero-order valence-electron chi connectivity index (χ0n) is 9.30. The van der Waals surface area contributed by atoms with Crippen LogP contribution in [0.15, 0.2) is 0 Å². The highest BCUT2D eigenvalue weighted by Crippen LogP contribution is 2.15. The van der Waals surface area contributed by atoms with Crippen molar-refractivity contribution in [3.8, 4) is 0 Å². The van der Waals surface area contributed by atoms with Gasteiger partial charge in [0.1, 0.15) is 0 Å². The molecule has 1 fully saturated rings. The van der Waals surface area contributed by atoms with E-state index in [1.165, 1.54) is 0 Å². The number of carbonyl (C=O) groups is 1. The summed E-state index contributed by atoms with van der Waals surface area (Å²) < 4.78 is 5.54. The number of rotatable bonds is 3. The summed E-state index contributed by atoms with van der Waals surface area (Å²) in [6, 6.07) is 0. The zero-order valence-corrected chi connectivity index (χ0v) is 9.30. The third kappa shape index (κ3) is 3.27. The van der Waals surface area contributed by atoms with Gasteiger partial charge in [-0.15, -0.1) is 0 Å². The molecule has 1 heterocycles. The molecule has 1 aliphatic rings. The smallest absolute Gasteiger partial charge is 0.236 e. The van der Waals surface area contributed by atoms with E-state index in [2.05, 4.69) is 5.32 Å². The molecule has 0 unspecified atom stereocenters. The molecular weight excluding hydrogens is 180 g/mol. The Kier molecular flexibility index (Phi) is 3.89. The van der Waals surface area contributed by atoms with Gasteiger partial charge >= 0.3 is 0 Å². The van der Waals surface area contributed by atoms with E-state index in [1.54, 1.807) is 0 Å². The molecule has 1 N–H and O–H groups in total. The molecule has 0 aromatic rings. The van der Waals surface area contributed by atoms with Gasteiger partial charge in [-0.05, 0) is 20.4 Å². The van der Waals surface area contributed by atoms with Crippen LogP contribution in [0.5, 0.6) is 0 Å². The third-order valence-corrected chi connectivity index (χ3v) is 2.30. The van der Waals surface area contributed by atoms with Crippen LogP contribution in [0, 0.1) is 0 Å². The first-order valence-corrected chi connectivity index (χ1v) is 5.17. The van der Waals surface area contributed by atoms with Crippen molar-refractivity contribution in [3.05, 3.63) is 0 Å². The molecule has 0 spiro atoms. The molecular formula is C10H20N2O2. The summed E-state index contributed by atoms with van der Waals surface area (Å²) in [4.78, 5) is 13.5. The van der Waals surface area contributed by atoms with Crippen molar-refractivity contribution in [2.45, 2.75) is 26.4 Å². The van der Waals surface area contributed by atoms with Crippen LogP contribution in [0.4, 0.5) is 0 Å². The molecule has 1 rings (SSSR count). The van der Waals surface area contributed by atoms with Crippen LogP contribution < -0.4 is 5.32 Å². The van der Waals surface area contributed by atoms with E-state index < -0.39 is 0 Å². The molecule has 0 bridgehead atoms. The van der Waals surface area contributed by atoms with Crippen molar-refractivity contribution in [3.63, 3.8) is 0 Å². The first kappa shape index (κ1) is 11.5. The molecule has 1 saturated heterocycles. The van der Waals surface area contributed by atoms with Gasteiger partial charge < -0.3 is 15.0 Å². The highest BCUT2D eigenvalue weighted by atomic mass is 16.5. The van der Waals surface area contributed by atoms with Gasteiger partial charge in [0.25, 0.3) is 0 Å². The van der Waals surface area contributed by atoms with E-state index in [-0.39, 0.29) is 11.5 Å². The second kappa shape index (κ2) is 4.75. The number of hydrogen-bond acceptors (Lipinski definition) is 3. The molecule has 4 nitrogen and oxygen atoms in total. The molecule has 0 saturated carbocycles. The Balaban J connectivity index is 2.40. The normalized spacial score (nSPS) is 20.9. The standard InChI is InChI=1S/C10H20N2O2/c1-4-11-7-9(13)12-5-6-14-10(2,3)8-12/h11H,4-8H2,1-3H3. The number of amides is 1. The van der Waals surface area contributed by atoms with Gasteiger partial charge in [0, 0.05) is 13.1 Å². The van der Waals surface area contributed by atoms with Crippen molar-refractivity contribution in [2.24, 2.45) is 0 Å². The van der Waals surface area contributed by atoms with Crippen molar-refractivity contribution in [2.75, 3.05) is 32.8 Å². The molecule has 0 aromatic heterocycles. The van der Waals surface area contributed by atoms with Gasteiger partial charge in [0.2, 0.25) is 5.91 Å². The Morgan fingerprint density at radius 1 is 1.57 bits per heavy atom. The molecule has 0 aliphatic carbocycles. The molecule has 82 valence electrons. The number of morpholine rings is 1. The zero-order chi connectivity index (χ0) is 10.6. The molecule has 4 heteroatoms. The lowest BCUT2D eigenvalue weighted by Gasteiger charge is -2.38. The number of nitrogens with one attached hydrogen (secondary N) is 1. The maximum atomic E-state index is 11.7. The quantitative estimate of drug-likeness (QED) is 0.709. The molecule has 1 amide bonds. The first-order chi connectivity index (χ1) is 6.55. The van der Waals surface area contributed by atoms with Crippen LogP contribution in [0.3, 0.4) is 0 Å². The lowest BCUT2D eigenvalue weighted by Crippen LogP contribution is -2.52. The topological polar surface area (TPSA) is 41.6 Å². The van der Waals surface area contributed by atoms with Crippen LogP contribution in [-0.4, -0.2) is 49.2 Å². The highest BCUT2D eigenvalue weighted by molar-refractivity contribution is 5.78. The van der Waals surface area contributed by atoms with Crippen LogP contribution in [0.2, 0.25) is 0 Å². The predicted octanol–water partition coefficient (Wildman–Crippen LogP) is 0.233. The molecule has 14 heavy (non-hydrogen) atoms. The molecule has 1 aliphatic heterocycles. The predicted molar refractivity (Wildman–Crippen MR) is 55.2 cm³/mol. The van der Waals surface area contributed by atoms with Crippen molar-refractivity contribution in [1.82, 2.24) is 10.2 Å². The van der Waals surface area contributed by atoms with Gasteiger partial charge in [0.15, 0.2) is 0 Å². The fourth-order valence-corrected chi connectivity index (χ4v) is 1.57. The van der Waals surface area contributed by atoms with Crippen LogP contribution in [0.1, 0.15) is 20.8 Å². The largest absolute Gasteiger partial charge is 0.372 e. The van der Waals surface area contributed by atoms with E-state index in [4.69, 9.17) is 4.74 Å². The van der Waals surface area contributed by atoms with E-state index in [1.807, 2.05) is 25.7 Å². The average molecular weight is 200 g/mol. The van der Waals surface area contributed by atoms with E-state index in [9.17, 15) is 4.79 Å². The van der Waals surface area contributed by atoms with Gasteiger partial charge in [-0.1, -0.05) is 6.92 Å². The summed E-state index contributed by atoms with van der Waals surface area (Å²) in [5, 5.41) is 3.04. The van der Waals surface area contributed by atoms with Crippen molar-refractivity contribution >= 4 is 5.91 Å². The summed E-state index contributed by atoms with van der Waals surface area (Å²) in [7, 11) is 0. The summed E-state index contributed by atoms with van der Waals surface area (Å²) in [5.74, 6) is 0.170. The lowest BCUT2D eigenvalue weighted by molar-refractivity contribution is -0.144. The maximum absolute atomic E-state index is 11.7. The number of ether oxygens (including phenoxy) is 1. The molecule has 0 aromatic carbocycles. The summed E-state index contributed by atoms with van der Waals surface area (Å²) in [6.07, 6.45) is 0. The minimum atomic E-state index is -0.194. The Morgan fingerprint density at radius 2 is 2.29 bits per heavy atom. The Morgan fingerprint density at radius 3 is 2.86 bits per heavy atom. The SMILES string of the molecule is CCNCC(=O)N1CCOC(C)(C)C1. The monoisotopic (exact) mass is 200 g/mol. The minimum absolute atomic E-state index is 0.170. The van der Waals surface area contributed by atoms with E-state index in [0.29, 0.717) is 26.2 Å². The van der Waals surface area contributed by atoms with Gasteiger partial charge in [-0.3, -0.25) is 4.79 Å². The van der Waals surface area contributed by atoms with E-state index >= 15 is 0 Å². The minimum Gasteiger partial charge on any atom is -0.372 e. The summed E-state index contributed by atoms with van der Waals surface area (Å²) in [6.45, 7) is 9.34. The van der Waals surface area contributed by atoms with Crippen molar-refractivity contribution < 1.29 is 9.53 Å². The third-order valence-electron chi connectivity index (χ3n) is 2.30. The second-order valence-corrected chi connectivity index (χ2v) is 4.20. The molecule has 0 atom stereocenters.